The summed E-state index contributed by atoms with van der Waals surface area (Å²) >= 11 is 1.60. The Bertz CT molecular complexity index is 1000. The summed E-state index contributed by atoms with van der Waals surface area (Å²) in [6, 6.07) is 13.5. The van der Waals surface area contributed by atoms with E-state index in [1.807, 2.05) is 18.4 Å². The Morgan fingerprint density at radius 3 is 2.77 bits per heavy atom. The average molecular weight is 422 g/mol. The minimum absolute atomic E-state index is 0.0794. The molecule has 156 valence electrons. The molecule has 1 aliphatic carbocycles. The second kappa shape index (κ2) is 8.53. The van der Waals surface area contributed by atoms with E-state index in [1.165, 1.54) is 17.2 Å². The third-order valence-corrected chi connectivity index (χ3v) is 7.67. The van der Waals surface area contributed by atoms with Crippen LogP contribution in [0.4, 0.5) is 4.39 Å². The number of halogens is 1. The molecule has 1 heterocycles. The molecule has 0 spiro atoms. The molecule has 5 heteroatoms. The highest BCUT2D eigenvalue weighted by molar-refractivity contribution is 7.98. The molecular weight excluding hydrogens is 393 g/mol. The van der Waals surface area contributed by atoms with Crippen molar-refractivity contribution in [3.8, 4) is 17.2 Å². The summed E-state index contributed by atoms with van der Waals surface area (Å²) in [6.07, 6.45) is 7.20. The lowest BCUT2D eigenvalue weighted by atomic mass is 9.67. The van der Waals surface area contributed by atoms with Crippen LogP contribution in [-0.4, -0.2) is 12.3 Å². The fourth-order valence-corrected chi connectivity index (χ4v) is 5.83. The van der Waals surface area contributed by atoms with Crippen molar-refractivity contribution in [3.05, 3.63) is 58.9 Å². The van der Waals surface area contributed by atoms with Crippen LogP contribution in [0.3, 0.4) is 0 Å². The van der Waals surface area contributed by atoms with Gasteiger partial charge in [-0.05, 0) is 83.4 Å². The van der Waals surface area contributed by atoms with E-state index < -0.39 is 5.82 Å². The first kappa shape index (κ1) is 21.1. The maximum atomic E-state index is 14.4. The van der Waals surface area contributed by atoms with Gasteiger partial charge in [0.15, 0.2) is 0 Å². The molecule has 2 aromatic rings. The summed E-state index contributed by atoms with van der Waals surface area (Å²) in [5, 5.41) is 9.32. The Morgan fingerprint density at radius 1 is 1.27 bits per heavy atom. The van der Waals surface area contributed by atoms with Crippen LogP contribution in [0.15, 0.2) is 40.8 Å². The van der Waals surface area contributed by atoms with Crippen molar-refractivity contribution in [2.75, 3.05) is 0 Å². The van der Waals surface area contributed by atoms with Crippen molar-refractivity contribution >= 4 is 18.2 Å². The summed E-state index contributed by atoms with van der Waals surface area (Å²) in [7, 11) is 0. The monoisotopic (exact) mass is 421 g/mol. The zero-order valence-electron chi connectivity index (χ0n) is 17.6. The Kier molecular flexibility index (Phi) is 5.99. The molecule has 3 nitrogen and oxygen atoms in total. The Labute approximate surface area is 182 Å². The number of hydrogen-bond donors (Lipinski definition) is 1. The number of nitrogens with two attached hydrogens (primary N) is 1. The highest BCUT2D eigenvalue weighted by atomic mass is 32.2. The van der Waals surface area contributed by atoms with Gasteiger partial charge in [0, 0.05) is 18.7 Å². The van der Waals surface area contributed by atoms with Crippen LogP contribution in [0.25, 0.3) is 11.1 Å². The van der Waals surface area contributed by atoms with Gasteiger partial charge in [0.1, 0.15) is 11.9 Å². The Hall–Kier alpha value is -2.16. The summed E-state index contributed by atoms with van der Waals surface area (Å²) < 4.78 is 18.8. The topological polar surface area (TPSA) is 62.2 Å². The van der Waals surface area contributed by atoms with E-state index in [1.54, 1.807) is 18.0 Å². The summed E-state index contributed by atoms with van der Waals surface area (Å²) in [4.78, 5) is 0. The van der Waals surface area contributed by atoms with Crippen molar-refractivity contribution in [3.63, 3.8) is 0 Å². The maximum Gasteiger partial charge on any atom is 0.141 e. The van der Waals surface area contributed by atoms with E-state index in [4.69, 9.17) is 11.0 Å². The fourth-order valence-electron chi connectivity index (χ4n) is 4.95. The second-order valence-corrected chi connectivity index (χ2v) is 10.2. The van der Waals surface area contributed by atoms with Gasteiger partial charge in [0.25, 0.3) is 0 Å². The summed E-state index contributed by atoms with van der Waals surface area (Å²) in [5.74, 6) is 0.128. The van der Waals surface area contributed by atoms with Gasteiger partial charge in [-0.15, -0.1) is 0 Å². The highest BCUT2D eigenvalue weighted by Gasteiger charge is 2.35. The third-order valence-electron chi connectivity index (χ3n) is 6.71. The first-order valence-electron chi connectivity index (χ1n) is 10.6. The molecule has 2 unspecified atom stereocenters. The molecule has 1 saturated carbocycles. The molecule has 4 rings (SSSR count). The Morgan fingerprint density at radius 2 is 2.10 bits per heavy atom. The van der Waals surface area contributed by atoms with Gasteiger partial charge in [-0.2, -0.15) is 5.26 Å². The van der Waals surface area contributed by atoms with Gasteiger partial charge in [-0.1, -0.05) is 38.1 Å². The lowest BCUT2D eigenvalue weighted by Crippen LogP contribution is -2.43. The largest absolute Gasteiger partial charge is 0.327 e. The van der Waals surface area contributed by atoms with Gasteiger partial charge in [0.05, 0.1) is 10.8 Å². The van der Waals surface area contributed by atoms with Gasteiger partial charge >= 0.3 is 0 Å². The molecular formula is C25H28FN3S. The number of nitriles is 1. The molecule has 0 bridgehead atoms. The third kappa shape index (κ3) is 4.17. The number of rotatable bonds is 4. The smallest absolute Gasteiger partial charge is 0.141 e. The van der Waals surface area contributed by atoms with E-state index in [0.29, 0.717) is 5.92 Å². The van der Waals surface area contributed by atoms with Crippen LogP contribution < -0.4 is 5.73 Å². The van der Waals surface area contributed by atoms with E-state index in [-0.39, 0.29) is 22.3 Å². The molecule has 0 aromatic heterocycles. The summed E-state index contributed by atoms with van der Waals surface area (Å²) in [6.45, 7) is 4.56. The molecule has 1 aliphatic heterocycles. The first-order chi connectivity index (χ1) is 14.4. The van der Waals surface area contributed by atoms with E-state index >= 15 is 0 Å². The van der Waals surface area contributed by atoms with Crippen LogP contribution in [0.5, 0.6) is 0 Å². The van der Waals surface area contributed by atoms with Crippen molar-refractivity contribution in [2.45, 2.75) is 57.2 Å². The second-order valence-electron chi connectivity index (χ2n) is 9.25. The van der Waals surface area contributed by atoms with Crippen LogP contribution in [0, 0.1) is 28.5 Å². The molecule has 2 N–H and O–H groups in total. The number of hydrogen-bond acceptors (Lipinski definition) is 4. The van der Waals surface area contributed by atoms with Gasteiger partial charge in [-0.25, -0.2) is 8.79 Å². The van der Waals surface area contributed by atoms with Crippen molar-refractivity contribution in [1.29, 1.82) is 5.26 Å². The number of nitrogens with zero attached hydrogens (tertiary/aromatic N) is 2. The lowest BCUT2D eigenvalue weighted by Gasteiger charge is -2.41. The fraction of sp³-hybridized carbons (Fsp3) is 0.440. The van der Waals surface area contributed by atoms with E-state index in [9.17, 15) is 4.39 Å². The van der Waals surface area contributed by atoms with Crippen LogP contribution in [-0.2, 0) is 6.42 Å². The highest BCUT2D eigenvalue weighted by Crippen LogP contribution is 2.45. The van der Waals surface area contributed by atoms with Crippen LogP contribution >= 0.6 is 11.9 Å². The average Bonchev–Trinajstić information content (AvgIpc) is 3.25. The molecule has 2 aliphatic rings. The van der Waals surface area contributed by atoms with E-state index in [2.05, 4.69) is 36.4 Å². The molecule has 0 amide bonds. The first-order valence-corrected chi connectivity index (χ1v) is 11.5. The predicted molar refractivity (Wildman–Crippen MR) is 123 cm³/mol. The van der Waals surface area contributed by atoms with Crippen LogP contribution in [0.2, 0.25) is 0 Å². The van der Waals surface area contributed by atoms with Crippen molar-refractivity contribution in [2.24, 2.45) is 21.5 Å². The lowest BCUT2D eigenvalue weighted by molar-refractivity contribution is 0.147. The SMILES string of the molecule is CC1(C)CC(Cc2cccc(-c3ccc(C#N)c(F)c3)c2C2CC=NS2)CC[C@H]1N. The van der Waals surface area contributed by atoms with Gasteiger partial charge < -0.3 is 5.73 Å². The minimum Gasteiger partial charge on any atom is -0.327 e. The molecule has 3 atom stereocenters. The zero-order valence-corrected chi connectivity index (χ0v) is 18.4. The quantitative estimate of drug-likeness (QED) is 0.596. The summed E-state index contributed by atoms with van der Waals surface area (Å²) in [5.41, 5.74) is 11.1. The van der Waals surface area contributed by atoms with Gasteiger partial charge in [0.2, 0.25) is 0 Å². The van der Waals surface area contributed by atoms with Crippen molar-refractivity contribution in [1.82, 2.24) is 0 Å². The maximum absolute atomic E-state index is 14.4. The predicted octanol–water partition coefficient (Wildman–Crippen LogP) is 6.22. The molecule has 0 radical (unpaired) electrons. The zero-order chi connectivity index (χ0) is 21.3. The van der Waals surface area contributed by atoms with Gasteiger partial charge in [-0.3, -0.25) is 0 Å². The minimum atomic E-state index is -0.468. The molecule has 1 fully saturated rings. The van der Waals surface area contributed by atoms with Crippen molar-refractivity contribution < 1.29 is 4.39 Å². The number of benzene rings is 2. The standard InChI is InChI=1S/C25H28FN3S/c1-25(2)14-16(6-9-23(25)28)12-18-4-3-5-20(24(18)22-10-11-29-30-22)17-7-8-19(15-27)21(26)13-17/h3-5,7-8,11,13,16,22-23H,6,9-10,12,14,28H2,1-2H3/t16?,22?,23-/m1/s1. The van der Waals surface area contributed by atoms with Crippen LogP contribution in [0.1, 0.15) is 61.5 Å². The molecule has 0 saturated heterocycles. The molecule has 2 aromatic carbocycles. The Balaban J connectivity index is 1.72. The normalized spacial score (nSPS) is 25.2. The molecule has 30 heavy (non-hydrogen) atoms. The van der Waals surface area contributed by atoms with E-state index in [0.717, 1.165) is 43.2 Å².